The molecule has 1 saturated heterocycles. The van der Waals surface area contributed by atoms with Gasteiger partial charge in [-0.05, 0) is 40.7 Å². The summed E-state index contributed by atoms with van der Waals surface area (Å²) in [5.41, 5.74) is 5.69. The van der Waals surface area contributed by atoms with Gasteiger partial charge in [0.15, 0.2) is 5.96 Å². The first-order valence-corrected chi connectivity index (χ1v) is 18.0. The molecule has 0 spiro atoms. The number of fused-ring (bicyclic) bond motifs is 1. The van der Waals surface area contributed by atoms with Gasteiger partial charge in [-0.3, -0.25) is 4.99 Å². The molecule has 0 radical (unpaired) electrons. The van der Waals surface area contributed by atoms with Crippen LogP contribution in [0.25, 0.3) is 0 Å². The summed E-state index contributed by atoms with van der Waals surface area (Å²) in [7, 11) is 0. The molecule has 1 aliphatic heterocycles. The number of aliphatic imine (C=N–C) groups is 1. The van der Waals surface area contributed by atoms with Crippen LogP contribution in [0.2, 0.25) is 0 Å². The van der Waals surface area contributed by atoms with Crippen LogP contribution in [-0.2, 0) is 51.8 Å². The van der Waals surface area contributed by atoms with Gasteiger partial charge in [0.05, 0.1) is 38.5 Å². The molecule has 1 aliphatic carbocycles. The van der Waals surface area contributed by atoms with Crippen LogP contribution in [0.3, 0.4) is 0 Å². The lowest BCUT2D eigenvalue weighted by atomic mass is 9.81. The fraction of sp³-hybridized carbons (Fsp3) is 0.295. The molecule has 1 heterocycles. The lowest BCUT2D eigenvalue weighted by molar-refractivity contribution is -0.224. The van der Waals surface area contributed by atoms with E-state index in [0.29, 0.717) is 33.0 Å². The van der Waals surface area contributed by atoms with E-state index in [0.717, 1.165) is 41.1 Å². The van der Waals surface area contributed by atoms with Crippen molar-refractivity contribution in [2.75, 3.05) is 6.54 Å². The Bertz CT molecular complexity index is 1650. The molecule has 1 saturated carbocycles. The quantitative estimate of drug-likeness (QED) is 0.107. The maximum absolute atomic E-state index is 6.91. The number of rotatable bonds is 16. The summed E-state index contributed by atoms with van der Waals surface area (Å²) in [5.74, 6) is 0.755. The molecule has 7 rings (SSSR count). The third-order valence-corrected chi connectivity index (χ3v) is 9.55. The fourth-order valence-corrected chi connectivity index (χ4v) is 6.95. The van der Waals surface area contributed by atoms with Crippen molar-refractivity contribution in [3.8, 4) is 0 Å². The third-order valence-electron chi connectivity index (χ3n) is 9.55. The van der Waals surface area contributed by atoms with Crippen LogP contribution in [-0.4, -0.2) is 49.0 Å². The summed E-state index contributed by atoms with van der Waals surface area (Å²) in [4.78, 5) is 5.01. The molecule has 7 heteroatoms. The van der Waals surface area contributed by atoms with E-state index >= 15 is 0 Å². The predicted molar refractivity (Wildman–Crippen MR) is 201 cm³/mol. The largest absolute Gasteiger partial charge is 0.368 e. The van der Waals surface area contributed by atoms with E-state index in [2.05, 4.69) is 89.5 Å². The Morgan fingerprint density at radius 3 is 1.06 bits per heavy atom. The summed E-state index contributed by atoms with van der Waals surface area (Å²) in [6.07, 6.45) is 0.264. The highest BCUT2D eigenvalue weighted by Crippen LogP contribution is 2.34. The molecule has 5 aromatic rings. The number of guanidine groups is 1. The Labute approximate surface area is 301 Å². The second-order valence-corrected chi connectivity index (χ2v) is 13.2. The highest BCUT2D eigenvalue weighted by atomic mass is 16.6. The maximum Gasteiger partial charge on any atom is 0.192 e. The topological polar surface area (TPSA) is 73.3 Å². The number of aryl methyl sites for hydroxylation is 1. The zero-order valence-electron chi connectivity index (χ0n) is 28.9. The number of nitrogens with one attached hydrogen (secondary N) is 2. The summed E-state index contributed by atoms with van der Waals surface area (Å²) in [6, 6.07) is 51.3. The molecular formula is C44H47N3O4. The number of nitrogens with zero attached hydrogens (tertiary/aromatic N) is 1. The van der Waals surface area contributed by atoms with Gasteiger partial charge in [0.1, 0.15) is 24.4 Å². The average molecular weight is 682 g/mol. The summed E-state index contributed by atoms with van der Waals surface area (Å²) in [5, 5.41) is 7.45. The van der Waals surface area contributed by atoms with Gasteiger partial charge in [-0.1, -0.05) is 152 Å². The molecule has 2 N–H and O–H groups in total. The van der Waals surface area contributed by atoms with Crippen molar-refractivity contribution in [3.63, 3.8) is 0 Å². The van der Waals surface area contributed by atoms with Gasteiger partial charge in [0.2, 0.25) is 0 Å². The molecular weight excluding hydrogens is 635 g/mol. The van der Waals surface area contributed by atoms with Gasteiger partial charge in [0.25, 0.3) is 0 Å². The van der Waals surface area contributed by atoms with Crippen molar-refractivity contribution in [1.82, 2.24) is 10.6 Å². The molecule has 0 aromatic heterocycles. The van der Waals surface area contributed by atoms with Gasteiger partial charge in [-0.2, -0.15) is 0 Å². The number of hydrogen-bond donors (Lipinski definition) is 2. The first kappa shape index (κ1) is 34.6. The van der Waals surface area contributed by atoms with E-state index in [9.17, 15) is 0 Å². The molecule has 262 valence electrons. The second-order valence-electron chi connectivity index (χ2n) is 13.2. The highest BCUT2D eigenvalue weighted by molar-refractivity contribution is 5.83. The van der Waals surface area contributed by atoms with Crippen LogP contribution in [0.15, 0.2) is 157 Å². The molecule has 2 aliphatic rings. The van der Waals surface area contributed by atoms with Crippen LogP contribution in [0.5, 0.6) is 0 Å². The summed E-state index contributed by atoms with van der Waals surface area (Å²) >= 11 is 0. The van der Waals surface area contributed by atoms with E-state index in [-0.39, 0.29) is 24.3 Å². The molecule has 51 heavy (non-hydrogen) atoms. The Balaban J connectivity index is 1.20. The molecule has 0 amide bonds. The van der Waals surface area contributed by atoms with E-state index in [4.69, 9.17) is 23.9 Å². The summed E-state index contributed by atoms with van der Waals surface area (Å²) < 4.78 is 27.6. The van der Waals surface area contributed by atoms with Crippen molar-refractivity contribution >= 4 is 5.96 Å². The summed E-state index contributed by atoms with van der Waals surface area (Å²) in [6.45, 7) is 2.39. The lowest BCUT2D eigenvalue weighted by Crippen LogP contribution is -2.68. The van der Waals surface area contributed by atoms with Crippen molar-refractivity contribution in [2.24, 2.45) is 4.99 Å². The van der Waals surface area contributed by atoms with Crippen molar-refractivity contribution in [3.05, 3.63) is 179 Å². The van der Waals surface area contributed by atoms with Crippen LogP contribution in [0.1, 0.15) is 34.2 Å². The smallest absolute Gasteiger partial charge is 0.192 e. The number of benzene rings is 5. The third kappa shape index (κ3) is 9.51. The van der Waals surface area contributed by atoms with Crippen LogP contribution >= 0.6 is 0 Å². The van der Waals surface area contributed by atoms with Crippen LogP contribution in [0, 0.1) is 0 Å². The fourth-order valence-electron chi connectivity index (χ4n) is 6.95. The number of ether oxygens (including phenoxy) is 4. The monoisotopic (exact) mass is 681 g/mol. The SMILES string of the molecule is c1ccc(CCCN=C2N[C@@H]3[C@H](N2)[C@H](OCc2ccccc2)[C@@H](OCc2ccccc2)[C@H](OCc2ccccc2)[C@H]3OCc2ccccc2)cc1. The molecule has 5 aromatic carbocycles. The lowest BCUT2D eigenvalue weighted by Gasteiger charge is -2.47. The maximum atomic E-state index is 6.91. The average Bonchev–Trinajstić information content (AvgIpc) is 3.62. The van der Waals surface area contributed by atoms with E-state index in [1.807, 2.05) is 72.8 Å². The Morgan fingerprint density at radius 2 is 0.706 bits per heavy atom. The standard InChI is InChI=1S/C44H47N3O4/c1-6-17-33(18-7-1)27-16-28-45-44-46-38-39(47-44)41(49-30-35-21-10-3-11-22-35)43(51-32-37-25-14-5-15-26-37)42(50-31-36-23-12-4-13-24-36)40(38)48-29-34-19-8-2-9-20-34/h1-15,17-26,38-43H,16,27-32H2,(H2,45,46,47)/t38-,39+,40-,41-,42+,43+/m0/s1. The van der Waals surface area contributed by atoms with Crippen LogP contribution in [0.4, 0.5) is 0 Å². The van der Waals surface area contributed by atoms with Crippen LogP contribution < -0.4 is 10.6 Å². The Morgan fingerprint density at radius 1 is 0.392 bits per heavy atom. The second kappa shape index (κ2) is 17.9. The Kier molecular flexibility index (Phi) is 12.2. The number of hydrogen-bond acceptors (Lipinski definition) is 5. The van der Waals surface area contributed by atoms with Gasteiger partial charge in [-0.15, -0.1) is 0 Å². The first-order chi connectivity index (χ1) is 25.3. The minimum atomic E-state index is -0.452. The van der Waals surface area contributed by atoms with Gasteiger partial charge in [-0.25, -0.2) is 0 Å². The zero-order chi connectivity index (χ0) is 34.5. The molecule has 0 unspecified atom stereocenters. The minimum Gasteiger partial charge on any atom is -0.368 e. The molecule has 0 bridgehead atoms. The Hall–Kier alpha value is -4.79. The zero-order valence-corrected chi connectivity index (χ0v) is 28.9. The van der Waals surface area contributed by atoms with Crippen molar-refractivity contribution < 1.29 is 18.9 Å². The van der Waals surface area contributed by atoms with E-state index in [1.165, 1.54) is 5.56 Å². The minimum absolute atomic E-state index is 0.181. The molecule has 2 fully saturated rings. The van der Waals surface area contributed by atoms with E-state index in [1.54, 1.807) is 0 Å². The van der Waals surface area contributed by atoms with Gasteiger partial charge in [0, 0.05) is 6.54 Å². The highest BCUT2D eigenvalue weighted by Gasteiger charge is 2.56. The predicted octanol–water partition coefficient (Wildman–Crippen LogP) is 7.26. The van der Waals surface area contributed by atoms with Crippen molar-refractivity contribution in [2.45, 2.75) is 75.8 Å². The first-order valence-electron chi connectivity index (χ1n) is 18.0. The molecule has 6 atom stereocenters. The van der Waals surface area contributed by atoms with Gasteiger partial charge >= 0.3 is 0 Å². The van der Waals surface area contributed by atoms with Crippen molar-refractivity contribution in [1.29, 1.82) is 0 Å². The molecule has 7 nitrogen and oxygen atoms in total. The normalized spacial score (nSPS) is 23.3. The van der Waals surface area contributed by atoms with E-state index < -0.39 is 12.2 Å². The van der Waals surface area contributed by atoms with Gasteiger partial charge < -0.3 is 29.6 Å².